The maximum absolute atomic E-state index is 8.54. The fraction of sp³-hybridized carbons (Fsp3) is 0.615. The summed E-state index contributed by atoms with van der Waals surface area (Å²) in [4.78, 5) is 2.43. The van der Waals surface area contributed by atoms with Gasteiger partial charge in [-0.25, -0.2) is 0 Å². The summed E-state index contributed by atoms with van der Waals surface area (Å²) in [5.74, 6) is 0. The van der Waals surface area contributed by atoms with Crippen LogP contribution in [-0.2, 0) is 0 Å². The molecule has 0 unspecified atom stereocenters. The Morgan fingerprint density at radius 1 is 1.13 bits per heavy atom. The molecule has 0 aromatic heterocycles. The Hall–Kier alpha value is -1.23. The number of hydrogen-bond acceptors (Lipinski definition) is 2. The lowest BCUT2D eigenvalue weighted by molar-refractivity contribution is 0.359. The van der Waals surface area contributed by atoms with E-state index in [2.05, 4.69) is 24.0 Å². The first-order valence-electron chi connectivity index (χ1n) is 5.73. The van der Waals surface area contributed by atoms with Crippen LogP contribution >= 0.6 is 0 Å². The van der Waals surface area contributed by atoms with Crippen LogP contribution in [-0.4, -0.2) is 18.0 Å². The topological polar surface area (TPSA) is 27.0 Å². The second kappa shape index (κ2) is 6.29. The Labute approximate surface area is 92.9 Å². The SMILES string of the molecule is CC(=CC#N)C=C(C)N1CCCCCC1. The molecule has 0 radical (unpaired) electrons. The third-order valence-corrected chi connectivity index (χ3v) is 2.83. The van der Waals surface area contributed by atoms with Crippen LogP contribution in [0.2, 0.25) is 0 Å². The van der Waals surface area contributed by atoms with Crippen LogP contribution in [0.15, 0.2) is 23.4 Å². The number of allylic oxidation sites excluding steroid dienone is 4. The van der Waals surface area contributed by atoms with E-state index in [1.54, 1.807) is 6.08 Å². The average Bonchev–Trinajstić information content (AvgIpc) is 2.45. The van der Waals surface area contributed by atoms with Crippen LogP contribution in [0, 0.1) is 11.3 Å². The van der Waals surface area contributed by atoms with Crippen molar-refractivity contribution >= 4 is 0 Å². The highest BCUT2D eigenvalue weighted by Crippen LogP contribution is 2.15. The molecule has 2 heteroatoms. The Balaban J connectivity index is 2.61. The highest BCUT2D eigenvalue weighted by atomic mass is 15.1. The molecule has 1 saturated heterocycles. The molecule has 0 amide bonds. The van der Waals surface area contributed by atoms with E-state index < -0.39 is 0 Å². The molecular formula is C13H20N2. The number of hydrogen-bond donors (Lipinski definition) is 0. The first kappa shape index (κ1) is 11.8. The Morgan fingerprint density at radius 2 is 1.73 bits per heavy atom. The minimum atomic E-state index is 1.04. The van der Waals surface area contributed by atoms with Crippen molar-refractivity contribution in [3.05, 3.63) is 23.4 Å². The molecule has 0 aromatic rings. The summed E-state index contributed by atoms with van der Waals surface area (Å²) in [5.41, 5.74) is 2.33. The summed E-state index contributed by atoms with van der Waals surface area (Å²) in [5, 5.41) is 8.54. The van der Waals surface area contributed by atoms with Crippen molar-refractivity contribution in [1.82, 2.24) is 4.90 Å². The predicted octanol–water partition coefficient (Wildman–Crippen LogP) is 3.24. The van der Waals surface area contributed by atoms with Gasteiger partial charge in [0.1, 0.15) is 0 Å². The smallest absolute Gasteiger partial charge is 0.0914 e. The lowest BCUT2D eigenvalue weighted by Gasteiger charge is -2.23. The van der Waals surface area contributed by atoms with Crippen LogP contribution in [0.1, 0.15) is 39.5 Å². The molecule has 15 heavy (non-hydrogen) atoms. The van der Waals surface area contributed by atoms with Gasteiger partial charge in [0.2, 0.25) is 0 Å². The fourth-order valence-electron chi connectivity index (χ4n) is 1.99. The summed E-state index contributed by atoms with van der Waals surface area (Å²) < 4.78 is 0. The Bertz CT molecular complexity index is 286. The first-order chi connectivity index (χ1) is 7.24. The fourth-order valence-corrected chi connectivity index (χ4v) is 1.99. The van der Waals surface area contributed by atoms with Gasteiger partial charge in [-0.05, 0) is 38.3 Å². The van der Waals surface area contributed by atoms with Crippen LogP contribution in [0.5, 0.6) is 0 Å². The van der Waals surface area contributed by atoms with E-state index in [1.165, 1.54) is 44.5 Å². The molecule has 0 N–H and O–H groups in total. The minimum Gasteiger partial charge on any atom is -0.375 e. The summed E-state index contributed by atoms with van der Waals surface area (Å²) >= 11 is 0. The lowest BCUT2D eigenvalue weighted by atomic mass is 10.2. The quantitative estimate of drug-likeness (QED) is 0.510. The third kappa shape index (κ3) is 4.20. The second-order valence-corrected chi connectivity index (χ2v) is 4.20. The van der Waals surface area contributed by atoms with Crippen molar-refractivity contribution in [2.45, 2.75) is 39.5 Å². The van der Waals surface area contributed by atoms with E-state index in [0.29, 0.717) is 0 Å². The lowest BCUT2D eigenvalue weighted by Crippen LogP contribution is -2.22. The normalized spacial score (nSPS) is 19.7. The van der Waals surface area contributed by atoms with Crippen molar-refractivity contribution in [2.24, 2.45) is 0 Å². The van der Waals surface area contributed by atoms with E-state index in [0.717, 1.165) is 5.57 Å². The first-order valence-corrected chi connectivity index (χ1v) is 5.73. The van der Waals surface area contributed by atoms with Gasteiger partial charge in [0.15, 0.2) is 0 Å². The van der Waals surface area contributed by atoms with Gasteiger partial charge in [-0.1, -0.05) is 12.8 Å². The second-order valence-electron chi connectivity index (χ2n) is 4.20. The summed E-state index contributed by atoms with van der Waals surface area (Å²) in [6.07, 6.45) is 9.02. The van der Waals surface area contributed by atoms with Crippen LogP contribution in [0.4, 0.5) is 0 Å². The van der Waals surface area contributed by atoms with E-state index >= 15 is 0 Å². The number of nitriles is 1. The molecule has 1 fully saturated rings. The van der Waals surface area contributed by atoms with Crippen LogP contribution in [0.3, 0.4) is 0 Å². The highest BCUT2D eigenvalue weighted by Gasteiger charge is 2.08. The summed E-state index contributed by atoms with van der Waals surface area (Å²) in [7, 11) is 0. The van der Waals surface area contributed by atoms with Gasteiger partial charge in [-0.3, -0.25) is 0 Å². The van der Waals surface area contributed by atoms with E-state index in [9.17, 15) is 0 Å². The van der Waals surface area contributed by atoms with Gasteiger partial charge < -0.3 is 4.90 Å². The maximum atomic E-state index is 8.54. The minimum absolute atomic E-state index is 1.04. The van der Waals surface area contributed by atoms with Crippen LogP contribution < -0.4 is 0 Å². The molecular weight excluding hydrogens is 184 g/mol. The maximum Gasteiger partial charge on any atom is 0.0914 e. The third-order valence-electron chi connectivity index (χ3n) is 2.83. The molecule has 1 aliphatic heterocycles. The molecule has 0 aromatic carbocycles. The van der Waals surface area contributed by atoms with Gasteiger partial charge in [-0.15, -0.1) is 0 Å². The molecule has 82 valence electrons. The van der Waals surface area contributed by atoms with Gasteiger partial charge in [0.05, 0.1) is 6.07 Å². The molecule has 2 nitrogen and oxygen atoms in total. The molecule has 1 rings (SSSR count). The van der Waals surface area contributed by atoms with E-state index in [-0.39, 0.29) is 0 Å². The number of nitrogens with zero attached hydrogens (tertiary/aromatic N) is 2. The van der Waals surface area contributed by atoms with Crippen molar-refractivity contribution in [3.8, 4) is 6.07 Å². The van der Waals surface area contributed by atoms with Crippen molar-refractivity contribution in [3.63, 3.8) is 0 Å². The standard InChI is InChI=1S/C13H20N2/c1-12(7-8-14)11-13(2)15-9-5-3-4-6-10-15/h7,11H,3-6,9-10H2,1-2H3. The zero-order valence-electron chi connectivity index (χ0n) is 9.79. The van der Waals surface area contributed by atoms with E-state index in [1.807, 2.05) is 6.92 Å². The Kier molecular flexibility index (Phi) is 4.97. The van der Waals surface area contributed by atoms with Gasteiger partial charge in [0, 0.05) is 24.9 Å². The molecule has 0 bridgehead atoms. The Morgan fingerprint density at radius 3 is 2.27 bits per heavy atom. The van der Waals surface area contributed by atoms with Crippen molar-refractivity contribution in [1.29, 1.82) is 5.26 Å². The molecule has 0 atom stereocenters. The van der Waals surface area contributed by atoms with Gasteiger partial charge >= 0.3 is 0 Å². The number of rotatable bonds is 2. The summed E-state index contributed by atoms with van der Waals surface area (Å²) in [6, 6.07) is 2.06. The molecule has 1 heterocycles. The summed E-state index contributed by atoms with van der Waals surface area (Å²) in [6.45, 7) is 6.45. The largest absolute Gasteiger partial charge is 0.375 e. The van der Waals surface area contributed by atoms with Gasteiger partial charge in [0.25, 0.3) is 0 Å². The zero-order chi connectivity index (χ0) is 11.1. The highest BCUT2D eigenvalue weighted by molar-refractivity contribution is 5.25. The number of likely N-dealkylation sites (tertiary alicyclic amines) is 1. The molecule has 0 spiro atoms. The van der Waals surface area contributed by atoms with Gasteiger partial charge in [-0.2, -0.15) is 5.26 Å². The molecule has 0 saturated carbocycles. The van der Waals surface area contributed by atoms with Crippen molar-refractivity contribution < 1.29 is 0 Å². The monoisotopic (exact) mass is 204 g/mol. The van der Waals surface area contributed by atoms with Crippen LogP contribution in [0.25, 0.3) is 0 Å². The predicted molar refractivity (Wildman–Crippen MR) is 63.2 cm³/mol. The molecule has 0 aliphatic carbocycles. The van der Waals surface area contributed by atoms with Crippen molar-refractivity contribution in [2.75, 3.05) is 13.1 Å². The molecule has 1 aliphatic rings. The van der Waals surface area contributed by atoms with E-state index in [4.69, 9.17) is 5.26 Å². The average molecular weight is 204 g/mol. The zero-order valence-corrected chi connectivity index (χ0v) is 9.79.